The normalized spacial score (nSPS) is 13.8. The van der Waals surface area contributed by atoms with E-state index < -0.39 is 0 Å². The molecule has 2 unspecified atom stereocenters. The molecule has 0 fully saturated rings. The summed E-state index contributed by atoms with van der Waals surface area (Å²) in [5.41, 5.74) is 2.68. The van der Waals surface area contributed by atoms with E-state index in [1.165, 1.54) is 11.1 Å². The summed E-state index contributed by atoms with van der Waals surface area (Å²) >= 11 is 0. The predicted octanol–water partition coefficient (Wildman–Crippen LogP) is 4.15. The number of likely N-dealkylation sites (N-methyl/N-ethyl adjacent to an activating group) is 1. The Hall–Kier alpha value is -1.80. The quantitative estimate of drug-likeness (QED) is 0.850. The smallest absolute Gasteiger partial charge is 0.118 e. The van der Waals surface area contributed by atoms with Gasteiger partial charge in [0.05, 0.1) is 7.11 Å². The van der Waals surface area contributed by atoms with Crippen molar-refractivity contribution in [3.8, 4) is 5.75 Å². The zero-order valence-corrected chi connectivity index (χ0v) is 12.5. The van der Waals surface area contributed by atoms with Crippen LogP contribution >= 0.6 is 0 Å². The van der Waals surface area contributed by atoms with Gasteiger partial charge in [0.25, 0.3) is 0 Å². The fourth-order valence-corrected chi connectivity index (χ4v) is 2.78. The first kappa shape index (κ1) is 14.6. The maximum atomic E-state index is 5.23. The summed E-state index contributed by atoms with van der Waals surface area (Å²) in [7, 11) is 3.73. The van der Waals surface area contributed by atoms with E-state index in [1.54, 1.807) is 7.11 Å². The molecule has 0 spiro atoms. The van der Waals surface area contributed by atoms with Gasteiger partial charge in [0.1, 0.15) is 5.75 Å². The molecule has 0 aliphatic carbocycles. The lowest BCUT2D eigenvalue weighted by atomic mass is 9.85. The molecule has 0 aliphatic heterocycles. The van der Waals surface area contributed by atoms with Crippen molar-refractivity contribution in [2.45, 2.75) is 25.3 Å². The summed E-state index contributed by atoms with van der Waals surface area (Å²) in [5, 5.41) is 3.46. The van der Waals surface area contributed by atoms with E-state index in [2.05, 4.69) is 54.7 Å². The van der Waals surface area contributed by atoms with Crippen LogP contribution in [0.25, 0.3) is 0 Å². The molecule has 106 valence electrons. The van der Waals surface area contributed by atoms with Gasteiger partial charge in [-0.15, -0.1) is 0 Å². The van der Waals surface area contributed by atoms with Gasteiger partial charge < -0.3 is 10.1 Å². The van der Waals surface area contributed by atoms with Gasteiger partial charge in [-0.3, -0.25) is 0 Å². The summed E-state index contributed by atoms with van der Waals surface area (Å²) in [5.74, 6) is 1.37. The van der Waals surface area contributed by atoms with Gasteiger partial charge >= 0.3 is 0 Å². The molecule has 2 nitrogen and oxygen atoms in total. The Bertz CT molecular complexity index is 507. The van der Waals surface area contributed by atoms with Crippen LogP contribution in [0.1, 0.15) is 36.4 Å². The lowest BCUT2D eigenvalue weighted by Gasteiger charge is -2.27. The van der Waals surface area contributed by atoms with Crippen LogP contribution in [0.15, 0.2) is 54.6 Å². The number of hydrogen-bond donors (Lipinski definition) is 1. The van der Waals surface area contributed by atoms with E-state index >= 15 is 0 Å². The summed E-state index contributed by atoms with van der Waals surface area (Å²) < 4.78 is 5.23. The largest absolute Gasteiger partial charge is 0.497 e. The lowest BCUT2D eigenvalue weighted by Crippen LogP contribution is -2.23. The molecule has 0 amide bonds. The van der Waals surface area contributed by atoms with Crippen molar-refractivity contribution in [2.75, 3.05) is 14.2 Å². The lowest BCUT2D eigenvalue weighted by molar-refractivity contribution is 0.413. The second-order valence-electron chi connectivity index (χ2n) is 4.96. The Morgan fingerprint density at radius 3 is 2.10 bits per heavy atom. The molecule has 0 aliphatic rings. The molecule has 2 rings (SSSR count). The molecule has 0 aromatic heterocycles. The summed E-state index contributed by atoms with van der Waals surface area (Å²) in [6, 6.07) is 19.4. The van der Waals surface area contributed by atoms with Gasteiger partial charge in [0.2, 0.25) is 0 Å². The molecule has 2 atom stereocenters. The molecule has 0 saturated heterocycles. The number of methoxy groups -OCH3 is 1. The van der Waals surface area contributed by atoms with Crippen molar-refractivity contribution in [3.05, 3.63) is 65.7 Å². The van der Waals surface area contributed by atoms with Crippen LogP contribution in [0.3, 0.4) is 0 Å². The highest BCUT2D eigenvalue weighted by Gasteiger charge is 2.21. The van der Waals surface area contributed by atoms with E-state index in [0.717, 1.165) is 12.2 Å². The molecule has 0 heterocycles. The minimum Gasteiger partial charge on any atom is -0.497 e. The third kappa shape index (κ3) is 3.20. The summed E-state index contributed by atoms with van der Waals surface area (Å²) in [6.45, 7) is 2.24. The van der Waals surface area contributed by atoms with Crippen molar-refractivity contribution in [2.24, 2.45) is 0 Å². The van der Waals surface area contributed by atoms with E-state index in [9.17, 15) is 0 Å². The number of benzene rings is 2. The topological polar surface area (TPSA) is 21.3 Å². The number of ether oxygens (including phenoxy) is 1. The molecule has 0 radical (unpaired) electrons. The predicted molar refractivity (Wildman–Crippen MR) is 84.3 cm³/mol. The highest BCUT2D eigenvalue weighted by Crippen LogP contribution is 2.33. The van der Waals surface area contributed by atoms with Gasteiger partial charge in [-0.05, 0) is 36.7 Å². The van der Waals surface area contributed by atoms with E-state index in [4.69, 9.17) is 4.74 Å². The molecule has 20 heavy (non-hydrogen) atoms. The minimum absolute atomic E-state index is 0.313. The van der Waals surface area contributed by atoms with Crippen LogP contribution < -0.4 is 10.1 Å². The van der Waals surface area contributed by atoms with Crippen molar-refractivity contribution in [3.63, 3.8) is 0 Å². The fraction of sp³-hybridized carbons (Fsp3) is 0.333. The SMILES string of the molecule is CCC(c1ccccc1)C(NC)c1ccc(OC)cc1. The highest BCUT2D eigenvalue weighted by atomic mass is 16.5. The number of nitrogens with one attached hydrogen (secondary N) is 1. The van der Waals surface area contributed by atoms with Crippen molar-refractivity contribution in [1.29, 1.82) is 0 Å². The minimum atomic E-state index is 0.313. The summed E-state index contributed by atoms with van der Waals surface area (Å²) in [6.07, 6.45) is 1.10. The van der Waals surface area contributed by atoms with Crippen molar-refractivity contribution in [1.82, 2.24) is 5.32 Å². The molecular weight excluding hydrogens is 246 g/mol. The van der Waals surface area contributed by atoms with Crippen molar-refractivity contribution < 1.29 is 4.74 Å². The van der Waals surface area contributed by atoms with Gasteiger partial charge in [-0.2, -0.15) is 0 Å². The number of hydrogen-bond acceptors (Lipinski definition) is 2. The van der Waals surface area contributed by atoms with Crippen LogP contribution in [0.5, 0.6) is 5.75 Å². The van der Waals surface area contributed by atoms with E-state index in [0.29, 0.717) is 12.0 Å². The molecule has 2 heteroatoms. The monoisotopic (exact) mass is 269 g/mol. The van der Waals surface area contributed by atoms with Crippen LogP contribution in [-0.2, 0) is 0 Å². The Balaban J connectivity index is 2.29. The Kier molecular flexibility index (Phi) is 5.19. The van der Waals surface area contributed by atoms with E-state index in [-0.39, 0.29) is 0 Å². The van der Waals surface area contributed by atoms with Gasteiger partial charge in [0.15, 0.2) is 0 Å². The van der Waals surface area contributed by atoms with Crippen LogP contribution in [0.4, 0.5) is 0 Å². The molecule has 1 N–H and O–H groups in total. The first-order valence-electron chi connectivity index (χ1n) is 7.16. The zero-order chi connectivity index (χ0) is 14.4. The molecule has 2 aromatic carbocycles. The van der Waals surface area contributed by atoms with Crippen LogP contribution in [0.2, 0.25) is 0 Å². The molecule has 0 saturated carbocycles. The van der Waals surface area contributed by atoms with Crippen molar-refractivity contribution >= 4 is 0 Å². The first-order chi connectivity index (χ1) is 9.80. The Morgan fingerprint density at radius 2 is 1.60 bits per heavy atom. The summed E-state index contributed by atoms with van der Waals surface area (Å²) in [4.78, 5) is 0. The average molecular weight is 269 g/mol. The second kappa shape index (κ2) is 7.11. The first-order valence-corrected chi connectivity index (χ1v) is 7.16. The van der Waals surface area contributed by atoms with Gasteiger partial charge in [-0.1, -0.05) is 49.4 Å². The third-order valence-electron chi connectivity index (χ3n) is 3.86. The van der Waals surface area contributed by atoms with Crippen LogP contribution in [-0.4, -0.2) is 14.2 Å². The molecule has 0 bridgehead atoms. The Morgan fingerprint density at radius 1 is 0.950 bits per heavy atom. The maximum Gasteiger partial charge on any atom is 0.118 e. The van der Waals surface area contributed by atoms with E-state index in [1.807, 2.05) is 19.2 Å². The number of rotatable bonds is 6. The van der Waals surface area contributed by atoms with Crippen LogP contribution in [0, 0.1) is 0 Å². The average Bonchev–Trinajstić information content (AvgIpc) is 2.53. The van der Waals surface area contributed by atoms with Gasteiger partial charge in [-0.25, -0.2) is 0 Å². The third-order valence-corrected chi connectivity index (χ3v) is 3.86. The fourth-order valence-electron chi connectivity index (χ4n) is 2.78. The maximum absolute atomic E-state index is 5.23. The zero-order valence-electron chi connectivity index (χ0n) is 12.5. The van der Waals surface area contributed by atoms with Gasteiger partial charge in [0, 0.05) is 12.0 Å². The molecular formula is C18H23NO. The molecule has 2 aromatic rings. The Labute approximate surface area is 121 Å². The standard InChI is InChI=1S/C18H23NO/c1-4-17(14-8-6-5-7-9-14)18(19-2)15-10-12-16(20-3)13-11-15/h5-13,17-19H,4H2,1-3H3. The second-order valence-corrected chi connectivity index (χ2v) is 4.96. The highest BCUT2D eigenvalue weighted by molar-refractivity contribution is 5.32.